The highest BCUT2D eigenvalue weighted by atomic mass is 16.5. The molecule has 0 amide bonds. The van der Waals surface area contributed by atoms with Crippen molar-refractivity contribution in [3.8, 4) is 5.75 Å². The summed E-state index contributed by atoms with van der Waals surface area (Å²) in [7, 11) is 0. The molecular formula is C23H33N5O2. The van der Waals surface area contributed by atoms with Gasteiger partial charge in [0.15, 0.2) is 0 Å². The van der Waals surface area contributed by atoms with Gasteiger partial charge >= 0.3 is 0 Å². The number of piperidine rings is 1. The van der Waals surface area contributed by atoms with Crippen LogP contribution in [0.25, 0.3) is 5.57 Å². The number of phenols is 1. The number of nitrogens with two attached hydrogens (primary N) is 1. The van der Waals surface area contributed by atoms with E-state index in [1.807, 2.05) is 0 Å². The van der Waals surface area contributed by atoms with E-state index in [-0.39, 0.29) is 34.5 Å². The number of rotatable bonds is 6. The van der Waals surface area contributed by atoms with Gasteiger partial charge in [0.05, 0.1) is 5.71 Å². The van der Waals surface area contributed by atoms with Crippen molar-refractivity contribution in [1.29, 1.82) is 16.2 Å². The van der Waals surface area contributed by atoms with E-state index in [1.165, 1.54) is 18.2 Å². The third-order valence-corrected chi connectivity index (χ3v) is 5.02. The predicted molar refractivity (Wildman–Crippen MR) is 123 cm³/mol. The number of nitrogens with one attached hydrogen (secondary N) is 4. The normalized spacial score (nSPS) is 19.2. The molecule has 1 aromatic carbocycles. The lowest BCUT2D eigenvalue weighted by Crippen LogP contribution is -2.59. The lowest BCUT2D eigenvalue weighted by atomic mass is 9.81. The Labute approximate surface area is 178 Å². The second-order valence-corrected chi connectivity index (χ2v) is 9.13. The summed E-state index contributed by atoms with van der Waals surface area (Å²) in [5.74, 6) is -0.0980. The number of benzene rings is 1. The molecule has 1 aliphatic rings. The van der Waals surface area contributed by atoms with E-state index in [1.54, 1.807) is 19.1 Å². The number of phenolic OH excluding ortho intramolecular Hbond substituents is 1. The summed E-state index contributed by atoms with van der Waals surface area (Å²) in [6.07, 6.45) is 5.50. The summed E-state index contributed by atoms with van der Waals surface area (Å²) in [6, 6.07) is 4.79. The van der Waals surface area contributed by atoms with Crippen molar-refractivity contribution in [2.24, 2.45) is 5.73 Å². The van der Waals surface area contributed by atoms with Crippen LogP contribution in [-0.2, 0) is 4.74 Å². The highest BCUT2D eigenvalue weighted by Gasteiger charge is 2.38. The molecule has 0 aliphatic carbocycles. The standard InChI is InChI=1S/C23H33N5O2/c1-14(25)18(13-24)15-6-7-17(20(29)10-15)19(26)8-9-21(27)30-16-11-22(2,3)28-23(4,5)12-16/h6-10,13,16,24,26-29H,11-12,25H2,1-5H3/b9-8-,18-14+,24-13?,26-19?,27-21?. The summed E-state index contributed by atoms with van der Waals surface area (Å²) in [4.78, 5) is 0. The molecule has 7 nitrogen and oxygen atoms in total. The van der Waals surface area contributed by atoms with Gasteiger partial charge in [0, 0.05) is 53.0 Å². The minimum absolute atomic E-state index is 0.0119. The molecule has 0 aromatic heterocycles. The Morgan fingerprint density at radius 1 is 1.17 bits per heavy atom. The first-order chi connectivity index (χ1) is 13.8. The van der Waals surface area contributed by atoms with Crippen LogP contribution >= 0.6 is 0 Å². The molecule has 7 N–H and O–H groups in total. The van der Waals surface area contributed by atoms with Crippen LogP contribution in [0.4, 0.5) is 0 Å². The minimum atomic E-state index is -0.0861. The summed E-state index contributed by atoms with van der Waals surface area (Å²) < 4.78 is 5.82. The minimum Gasteiger partial charge on any atom is -0.507 e. The van der Waals surface area contributed by atoms with E-state index >= 15 is 0 Å². The summed E-state index contributed by atoms with van der Waals surface area (Å²) >= 11 is 0. The molecule has 0 bridgehead atoms. The highest BCUT2D eigenvalue weighted by molar-refractivity contribution is 6.12. The molecule has 1 aromatic rings. The Hall–Kier alpha value is -2.93. The van der Waals surface area contributed by atoms with Crippen LogP contribution in [0.3, 0.4) is 0 Å². The quantitative estimate of drug-likeness (QED) is 0.311. The first kappa shape index (κ1) is 23.3. The third-order valence-electron chi connectivity index (χ3n) is 5.02. The van der Waals surface area contributed by atoms with Crippen molar-refractivity contribution in [3.63, 3.8) is 0 Å². The zero-order chi connectivity index (χ0) is 22.7. The second-order valence-electron chi connectivity index (χ2n) is 9.13. The summed E-state index contributed by atoms with van der Waals surface area (Å²) in [6.45, 7) is 10.2. The van der Waals surface area contributed by atoms with Crippen molar-refractivity contribution < 1.29 is 9.84 Å². The predicted octanol–water partition coefficient (Wildman–Crippen LogP) is 3.96. The molecule has 1 aliphatic heterocycles. The van der Waals surface area contributed by atoms with Gasteiger partial charge in [-0.05, 0) is 58.4 Å². The van der Waals surface area contributed by atoms with Crippen LogP contribution in [-0.4, -0.2) is 40.1 Å². The zero-order valence-electron chi connectivity index (χ0n) is 18.4. The van der Waals surface area contributed by atoms with Crippen LogP contribution < -0.4 is 11.1 Å². The Morgan fingerprint density at radius 3 is 2.27 bits per heavy atom. The second kappa shape index (κ2) is 8.83. The molecule has 2 rings (SSSR count). The molecule has 1 fully saturated rings. The van der Waals surface area contributed by atoms with Crippen molar-refractivity contribution in [3.05, 3.63) is 47.2 Å². The van der Waals surface area contributed by atoms with Gasteiger partial charge in [0.25, 0.3) is 0 Å². The number of hydrogen-bond donors (Lipinski definition) is 6. The number of hydrogen-bond acceptors (Lipinski definition) is 7. The Kier molecular flexibility index (Phi) is 6.87. The van der Waals surface area contributed by atoms with Gasteiger partial charge in [-0.3, -0.25) is 5.41 Å². The fraction of sp³-hybridized carbons (Fsp3) is 0.435. The van der Waals surface area contributed by atoms with Crippen molar-refractivity contribution >= 4 is 23.4 Å². The number of allylic oxidation sites excluding steroid dienone is 3. The van der Waals surface area contributed by atoms with Crippen LogP contribution in [0, 0.1) is 16.2 Å². The first-order valence-electron chi connectivity index (χ1n) is 9.95. The van der Waals surface area contributed by atoms with E-state index in [9.17, 15) is 5.11 Å². The van der Waals surface area contributed by atoms with Crippen LogP contribution in [0.5, 0.6) is 5.75 Å². The fourth-order valence-corrected chi connectivity index (χ4v) is 4.13. The van der Waals surface area contributed by atoms with Crippen LogP contribution in [0.1, 0.15) is 58.6 Å². The van der Waals surface area contributed by atoms with E-state index < -0.39 is 0 Å². The SMILES string of the molecule is C/C(N)=C(/C=N)c1ccc(C(=N)/C=C\C(=N)OC2CC(C)(C)NC(C)(C)C2)c(O)c1. The van der Waals surface area contributed by atoms with Gasteiger partial charge in [-0.2, -0.15) is 0 Å². The monoisotopic (exact) mass is 411 g/mol. The van der Waals surface area contributed by atoms with Gasteiger partial charge < -0.3 is 31.7 Å². The first-order valence-corrected chi connectivity index (χ1v) is 9.95. The van der Waals surface area contributed by atoms with Crippen molar-refractivity contribution in [2.45, 2.75) is 64.6 Å². The van der Waals surface area contributed by atoms with E-state index in [0.717, 1.165) is 19.1 Å². The Morgan fingerprint density at radius 2 is 1.77 bits per heavy atom. The molecular weight excluding hydrogens is 378 g/mol. The molecule has 1 saturated heterocycles. The van der Waals surface area contributed by atoms with Gasteiger partial charge in [-0.25, -0.2) is 0 Å². The maximum absolute atomic E-state index is 10.3. The molecule has 162 valence electrons. The molecule has 0 spiro atoms. The van der Waals surface area contributed by atoms with Crippen LogP contribution in [0.2, 0.25) is 0 Å². The van der Waals surface area contributed by atoms with Crippen LogP contribution in [0.15, 0.2) is 36.0 Å². The zero-order valence-corrected chi connectivity index (χ0v) is 18.4. The Balaban J connectivity index is 2.08. The van der Waals surface area contributed by atoms with E-state index in [0.29, 0.717) is 22.4 Å². The molecule has 0 radical (unpaired) electrons. The fourth-order valence-electron chi connectivity index (χ4n) is 4.13. The Bertz CT molecular complexity index is 892. The molecule has 0 atom stereocenters. The van der Waals surface area contributed by atoms with Gasteiger partial charge in [0.1, 0.15) is 11.9 Å². The van der Waals surface area contributed by atoms with Crippen molar-refractivity contribution in [2.75, 3.05) is 0 Å². The maximum Gasteiger partial charge on any atom is 0.206 e. The maximum atomic E-state index is 10.3. The van der Waals surface area contributed by atoms with Gasteiger partial charge in [-0.1, -0.05) is 6.07 Å². The van der Waals surface area contributed by atoms with Gasteiger partial charge in [-0.15, -0.1) is 0 Å². The topological polar surface area (TPSA) is 139 Å². The lowest BCUT2D eigenvalue weighted by molar-refractivity contribution is 0.0485. The number of aromatic hydroxyl groups is 1. The lowest BCUT2D eigenvalue weighted by Gasteiger charge is -2.46. The summed E-state index contributed by atoms with van der Waals surface area (Å²) in [5.41, 5.74) is 7.59. The summed E-state index contributed by atoms with van der Waals surface area (Å²) in [5, 5.41) is 37.7. The van der Waals surface area contributed by atoms with E-state index in [2.05, 4.69) is 33.0 Å². The van der Waals surface area contributed by atoms with Crippen molar-refractivity contribution in [1.82, 2.24) is 5.32 Å². The molecule has 1 heterocycles. The average Bonchev–Trinajstić information content (AvgIpc) is 2.57. The molecule has 30 heavy (non-hydrogen) atoms. The number of ether oxygens (including phenoxy) is 1. The highest BCUT2D eigenvalue weighted by Crippen LogP contribution is 2.30. The third kappa shape index (κ3) is 6.03. The molecule has 0 saturated carbocycles. The smallest absolute Gasteiger partial charge is 0.206 e. The molecule has 7 heteroatoms. The average molecular weight is 412 g/mol. The molecule has 0 unspecified atom stereocenters. The van der Waals surface area contributed by atoms with Gasteiger partial charge in [0.2, 0.25) is 5.90 Å². The largest absolute Gasteiger partial charge is 0.507 e. The van der Waals surface area contributed by atoms with E-state index in [4.69, 9.17) is 26.7 Å².